The molecule has 18 heavy (non-hydrogen) atoms. The fourth-order valence-corrected chi connectivity index (χ4v) is 2.40. The first-order chi connectivity index (χ1) is 8.37. The minimum absolute atomic E-state index is 0.325. The standard InChI is InChI=1S/C14H16BrNO2/c1-14(2,3)18-13(17)16-8-10-6-4-5-7-11(10)12(15)9-16/h4-7,9H,8H2,1-3H3. The van der Waals surface area contributed by atoms with Gasteiger partial charge in [0.25, 0.3) is 0 Å². The maximum Gasteiger partial charge on any atom is 0.414 e. The highest BCUT2D eigenvalue weighted by Crippen LogP contribution is 2.31. The molecule has 1 aromatic rings. The highest BCUT2D eigenvalue weighted by atomic mass is 79.9. The zero-order valence-corrected chi connectivity index (χ0v) is 12.3. The molecule has 1 amide bonds. The van der Waals surface area contributed by atoms with Crippen molar-refractivity contribution in [1.29, 1.82) is 0 Å². The van der Waals surface area contributed by atoms with Crippen molar-refractivity contribution in [2.75, 3.05) is 0 Å². The lowest BCUT2D eigenvalue weighted by Gasteiger charge is -2.28. The van der Waals surface area contributed by atoms with Crippen LogP contribution in [-0.4, -0.2) is 16.6 Å². The summed E-state index contributed by atoms with van der Waals surface area (Å²) in [5.41, 5.74) is 1.75. The third kappa shape index (κ3) is 2.93. The third-order valence-electron chi connectivity index (χ3n) is 2.51. The molecule has 4 heteroatoms. The van der Waals surface area contributed by atoms with Crippen LogP contribution in [0.15, 0.2) is 30.5 Å². The van der Waals surface area contributed by atoms with Gasteiger partial charge in [-0.2, -0.15) is 0 Å². The molecule has 0 unspecified atom stereocenters. The number of rotatable bonds is 0. The normalized spacial score (nSPS) is 14.9. The van der Waals surface area contributed by atoms with Gasteiger partial charge in [-0.05, 0) is 47.8 Å². The van der Waals surface area contributed by atoms with E-state index in [1.807, 2.05) is 45.0 Å². The molecule has 3 nitrogen and oxygen atoms in total. The Morgan fingerprint density at radius 3 is 2.67 bits per heavy atom. The van der Waals surface area contributed by atoms with Gasteiger partial charge in [0, 0.05) is 10.7 Å². The summed E-state index contributed by atoms with van der Waals surface area (Å²) in [6.45, 7) is 6.13. The van der Waals surface area contributed by atoms with E-state index >= 15 is 0 Å². The molecule has 1 aliphatic heterocycles. The van der Waals surface area contributed by atoms with E-state index in [4.69, 9.17) is 4.74 Å². The van der Waals surface area contributed by atoms with E-state index in [1.54, 1.807) is 11.1 Å². The van der Waals surface area contributed by atoms with Crippen molar-refractivity contribution >= 4 is 26.5 Å². The van der Waals surface area contributed by atoms with Crippen LogP contribution in [0.3, 0.4) is 0 Å². The molecule has 0 atom stereocenters. The minimum Gasteiger partial charge on any atom is -0.443 e. The van der Waals surface area contributed by atoms with E-state index in [0.717, 1.165) is 15.6 Å². The zero-order valence-electron chi connectivity index (χ0n) is 10.7. The Kier molecular flexibility index (Phi) is 3.48. The monoisotopic (exact) mass is 309 g/mol. The number of hydrogen-bond acceptors (Lipinski definition) is 2. The van der Waals surface area contributed by atoms with Crippen LogP contribution in [0.1, 0.15) is 31.9 Å². The van der Waals surface area contributed by atoms with E-state index in [1.165, 1.54) is 0 Å². The first kappa shape index (κ1) is 13.1. The summed E-state index contributed by atoms with van der Waals surface area (Å²) in [6.07, 6.45) is 1.45. The SMILES string of the molecule is CC(C)(C)OC(=O)N1C=C(Br)c2ccccc2C1. The number of carbonyl (C=O) groups is 1. The number of carbonyl (C=O) groups excluding carboxylic acids is 1. The van der Waals surface area contributed by atoms with Crippen LogP contribution in [-0.2, 0) is 11.3 Å². The Labute approximate surface area is 116 Å². The van der Waals surface area contributed by atoms with Gasteiger partial charge < -0.3 is 4.74 Å². The van der Waals surface area contributed by atoms with Gasteiger partial charge in [-0.25, -0.2) is 4.79 Å². The first-order valence-corrected chi connectivity index (χ1v) is 6.61. The van der Waals surface area contributed by atoms with Crippen LogP contribution in [0.5, 0.6) is 0 Å². The van der Waals surface area contributed by atoms with Gasteiger partial charge in [0.15, 0.2) is 0 Å². The summed E-state index contributed by atoms with van der Waals surface area (Å²) in [7, 11) is 0. The van der Waals surface area contributed by atoms with Crippen LogP contribution in [0.2, 0.25) is 0 Å². The fraction of sp³-hybridized carbons (Fsp3) is 0.357. The van der Waals surface area contributed by atoms with E-state index < -0.39 is 5.60 Å². The van der Waals surface area contributed by atoms with E-state index in [-0.39, 0.29) is 6.09 Å². The Hall–Kier alpha value is -1.29. The lowest BCUT2D eigenvalue weighted by atomic mass is 10.0. The molecule has 0 N–H and O–H groups in total. The average molecular weight is 310 g/mol. The average Bonchev–Trinajstić information content (AvgIpc) is 2.26. The number of hydrogen-bond donors (Lipinski definition) is 0. The van der Waals surface area contributed by atoms with Crippen LogP contribution in [0.4, 0.5) is 4.79 Å². The molecule has 1 aliphatic rings. The van der Waals surface area contributed by atoms with E-state index in [2.05, 4.69) is 15.9 Å². The van der Waals surface area contributed by atoms with E-state index in [9.17, 15) is 4.79 Å². The smallest absolute Gasteiger partial charge is 0.414 e. The van der Waals surface area contributed by atoms with Crippen LogP contribution < -0.4 is 0 Å². The Balaban J connectivity index is 2.21. The number of benzene rings is 1. The van der Waals surface area contributed by atoms with Gasteiger partial charge in [-0.1, -0.05) is 24.3 Å². The second kappa shape index (κ2) is 4.76. The maximum absolute atomic E-state index is 12.0. The summed E-state index contributed by atoms with van der Waals surface area (Å²) in [4.78, 5) is 13.6. The second-order valence-corrected chi connectivity index (χ2v) is 6.10. The molecule has 0 spiro atoms. The van der Waals surface area contributed by atoms with Crippen LogP contribution >= 0.6 is 15.9 Å². The van der Waals surface area contributed by atoms with E-state index in [0.29, 0.717) is 6.54 Å². The van der Waals surface area contributed by atoms with Crippen molar-refractivity contribution in [2.24, 2.45) is 0 Å². The summed E-state index contributed by atoms with van der Waals surface area (Å²) < 4.78 is 6.26. The molecule has 0 saturated heterocycles. The van der Waals surface area contributed by atoms with Crippen molar-refractivity contribution in [1.82, 2.24) is 4.90 Å². The molecule has 1 aromatic carbocycles. The Morgan fingerprint density at radius 1 is 1.33 bits per heavy atom. The van der Waals surface area contributed by atoms with Gasteiger partial charge >= 0.3 is 6.09 Å². The molecule has 2 rings (SSSR count). The van der Waals surface area contributed by atoms with Crippen molar-refractivity contribution in [3.05, 3.63) is 41.6 Å². The first-order valence-electron chi connectivity index (χ1n) is 5.82. The quantitative estimate of drug-likeness (QED) is 0.721. The Morgan fingerprint density at radius 2 is 2.00 bits per heavy atom. The van der Waals surface area contributed by atoms with Gasteiger partial charge in [0.1, 0.15) is 5.60 Å². The van der Waals surface area contributed by atoms with Gasteiger partial charge in [-0.3, -0.25) is 4.90 Å². The predicted octanol–water partition coefficient (Wildman–Crippen LogP) is 4.13. The lowest BCUT2D eigenvalue weighted by Crippen LogP contribution is -2.34. The molecule has 0 aromatic heterocycles. The summed E-state index contributed by atoms with van der Waals surface area (Å²) >= 11 is 3.49. The second-order valence-electron chi connectivity index (χ2n) is 5.24. The number of fused-ring (bicyclic) bond motifs is 1. The summed E-state index contributed by atoms with van der Waals surface area (Å²) in [6, 6.07) is 8.00. The molecule has 0 radical (unpaired) electrons. The molecular formula is C14H16BrNO2. The minimum atomic E-state index is -0.478. The fourth-order valence-electron chi connectivity index (χ4n) is 1.76. The number of ether oxygens (including phenoxy) is 1. The topological polar surface area (TPSA) is 29.5 Å². The predicted molar refractivity (Wildman–Crippen MR) is 75.1 cm³/mol. The highest BCUT2D eigenvalue weighted by molar-refractivity contribution is 9.15. The Bertz CT molecular complexity index is 503. The third-order valence-corrected chi connectivity index (χ3v) is 3.14. The molecule has 0 saturated carbocycles. The van der Waals surface area contributed by atoms with Gasteiger partial charge in [0.2, 0.25) is 0 Å². The van der Waals surface area contributed by atoms with Crippen LogP contribution in [0, 0.1) is 0 Å². The highest BCUT2D eigenvalue weighted by Gasteiger charge is 2.24. The van der Waals surface area contributed by atoms with Crippen molar-refractivity contribution in [3.8, 4) is 0 Å². The number of nitrogens with zero attached hydrogens (tertiary/aromatic N) is 1. The number of halogens is 1. The zero-order chi connectivity index (χ0) is 13.3. The van der Waals surface area contributed by atoms with Crippen molar-refractivity contribution in [3.63, 3.8) is 0 Å². The van der Waals surface area contributed by atoms with Crippen molar-refractivity contribution in [2.45, 2.75) is 32.9 Å². The van der Waals surface area contributed by atoms with Gasteiger partial charge in [-0.15, -0.1) is 0 Å². The molecule has 1 heterocycles. The lowest BCUT2D eigenvalue weighted by molar-refractivity contribution is 0.0322. The molecule has 0 aliphatic carbocycles. The molecule has 0 fully saturated rings. The molecular weight excluding hydrogens is 294 g/mol. The van der Waals surface area contributed by atoms with Crippen molar-refractivity contribution < 1.29 is 9.53 Å². The molecule has 96 valence electrons. The summed E-state index contributed by atoms with van der Waals surface area (Å²) in [5.74, 6) is 0. The summed E-state index contributed by atoms with van der Waals surface area (Å²) in [5, 5.41) is 0. The van der Waals surface area contributed by atoms with Gasteiger partial charge in [0.05, 0.1) is 6.54 Å². The number of amides is 1. The molecule has 0 bridgehead atoms. The largest absolute Gasteiger partial charge is 0.443 e. The maximum atomic E-state index is 12.0. The van der Waals surface area contributed by atoms with Crippen LogP contribution in [0.25, 0.3) is 4.48 Å².